The topological polar surface area (TPSA) is 46.3 Å². The number of fused-ring (bicyclic) bond motifs is 3. The molecular formula is C16H18N2O. The van der Waals surface area contributed by atoms with E-state index in [1.54, 1.807) is 6.08 Å². The number of rotatable bonds is 1. The van der Waals surface area contributed by atoms with Crippen molar-refractivity contribution in [3.63, 3.8) is 0 Å². The first kappa shape index (κ1) is 12.0. The summed E-state index contributed by atoms with van der Waals surface area (Å²) in [4.78, 5) is 14.1. The van der Waals surface area contributed by atoms with Crippen molar-refractivity contribution >= 4 is 12.0 Å². The van der Waals surface area contributed by atoms with Crippen molar-refractivity contribution in [1.82, 2.24) is 4.90 Å². The third-order valence-corrected chi connectivity index (χ3v) is 4.22. The molecule has 1 atom stereocenters. The molecule has 98 valence electrons. The van der Waals surface area contributed by atoms with Crippen LogP contribution in [0.5, 0.6) is 0 Å². The van der Waals surface area contributed by atoms with Gasteiger partial charge in [0.2, 0.25) is 0 Å². The summed E-state index contributed by atoms with van der Waals surface area (Å²) in [5, 5.41) is 0. The van der Waals surface area contributed by atoms with Crippen molar-refractivity contribution in [2.45, 2.75) is 26.3 Å². The molecule has 3 heteroatoms. The lowest BCUT2D eigenvalue weighted by Crippen LogP contribution is -2.51. The molecule has 0 bridgehead atoms. The molecule has 2 aliphatic heterocycles. The van der Waals surface area contributed by atoms with Crippen molar-refractivity contribution in [2.75, 3.05) is 0 Å². The molecule has 19 heavy (non-hydrogen) atoms. The zero-order valence-corrected chi connectivity index (χ0v) is 11.5. The van der Waals surface area contributed by atoms with Gasteiger partial charge in [-0.25, -0.2) is 0 Å². The van der Waals surface area contributed by atoms with Crippen LogP contribution in [0.3, 0.4) is 0 Å². The van der Waals surface area contributed by atoms with Gasteiger partial charge >= 0.3 is 0 Å². The summed E-state index contributed by atoms with van der Waals surface area (Å²) in [6.45, 7) is 6.20. The smallest absolute Gasteiger partial charge is 0.253 e. The number of hydrogen-bond acceptors (Lipinski definition) is 2. The Morgan fingerprint density at radius 1 is 1.21 bits per heavy atom. The quantitative estimate of drug-likeness (QED) is 0.837. The zero-order chi connectivity index (χ0) is 13.8. The van der Waals surface area contributed by atoms with Gasteiger partial charge in [0, 0.05) is 17.5 Å². The summed E-state index contributed by atoms with van der Waals surface area (Å²) in [7, 11) is 0. The lowest BCUT2D eigenvalue weighted by molar-refractivity contribution is -0.128. The van der Waals surface area contributed by atoms with Gasteiger partial charge in [-0.2, -0.15) is 0 Å². The molecule has 1 aromatic carbocycles. The SMILES string of the molecule is CC1=Cc2ccccc2C2(C(C)C)C(N)=CC(=O)N12. The minimum absolute atomic E-state index is 0.0190. The maximum absolute atomic E-state index is 12.3. The van der Waals surface area contributed by atoms with Gasteiger partial charge in [0.25, 0.3) is 5.91 Å². The van der Waals surface area contributed by atoms with Crippen LogP contribution in [0, 0.1) is 5.92 Å². The molecule has 2 N–H and O–H groups in total. The first-order valence-electron chi connectivity index (χ1n) is 6.59. The molecule has 0 aliphatic carbocycles. The van der Waals surface area contributed by atoms with Gasteiger partial charge in [-0.15, -0.1) is 0 Å². The zero-order valence-electron chi connectivity index (χ0n) is 11.5. The van der Waals surface area contributed by atoms with Crippen LogP contribution in [0.4, 0.5) is 0 Å². The summed E-state index contributed by atoms with van der Waals surface area (Å²) in [6.07, 6.45) is 3.62. The number of allylic oxidation sites excluding steroid dienone is 1. The van der Waals surface area contributed by atoms with Crippen LogP contribution < -0.4 is 5.73 Å². The molecule has 0 saturated carbocycles. The van der Waals surface area contributed by atoms with Gasteiger partial charge in [0.05, 0.1) is 0 Å². The summed E-state index contributed by atoms with van der Waals surface area (Å²) in [5.41, 5.74) is 9.61. The third-order valence-electron chi connectivity index (χ3n) is 4.22. The first-order valence-corrected chi connectivity index (χ1v) is 6.59. The number of nitrogens with zero attached hydrogens (tertiary/aromatic N) is 1. The Kier molecular flexibility index (Phi) is 2.36. The van der Waals surface area contributed by atoms with Crippen LogP contribution in [0.1, 0.15) is 31.9 Å². The van der Waals surface area contributed by atoms with Gasteiger partial charge < -0.3 is 5.73 Å². The number of carbonyl (C=O) groups is 1. The summed E-state index contributed by atoms with van der Waals surface area (Å²) < 4.78 is 0. The average Bonchev–Trinajstić information content (AvgIpc) is 2.63. The molecule has 0 fully saturated rings. The van der Waals surface area contributed by atoms with E-state index in [9.17, 15) is 4.79 Å². The minimum Gasteiger partial charge on any atom is -0.400 e. The molecule has 2 aliphatic rings. The molecule has 1 amide bonds. The Bertz CT molecular complexity index is 627. The van der Waals surface area contributed by atoms with Gasteiger partial charge in [0.15, 0.2) is 0 Å². The highest BCUT2D eigenvalue weighted by molar-refractivity contribution is 5.96. The Hall–Kier alpha value is -2.03. The molecule has 3 nitrogen and oxygen atoms in total. The molecule has 0 aromatic heterocycles. The fourth-order valence-corrected chi connectivity index (χ4v) is 3.50. The molecule has 1 unspecified atom stereocenters. The van der Waals surface area contributed by atoms with Crippen LogP contribution in [0.25, 0.3) is 6.08 Å². The number of hydrogen-bond donors (Lipinski definition) is 1. The molecule has 0 radical (unpaired) electrons. The maximum atomic E-state index is 12.3. The number of carbonyl (C=O) groups excluding carboxylic acids is 1. The second-order valence-electron chi connectivity index (χ2n) is 5.57. The van der Waals surface area contributed by atoms with E-state index in [0.717, 1.165) is 16.8 Å². The van der Waals surface area contributed by atoms with E-state index in [4.69, 9.17) is 5.73 Å². The number of amides is 1. The molecule has 0 saturated heterocycles. The number of benzene rings is 1. The minimum atomic E-state index is -0.521. The van der Waals surface area contributed by atoms with Gasteiger partial charge in [-0.1, -0.05) is 38.1 Å². The lowest BCUT2D eigenvalue weighted by atomic mass is 9.73. The lowest BCUT2D eigenvalue weighted by Gasteiger charge is -2.47. The van der Waals surface area contributed by atoms with Gasteiger partial charge in [-0.3, -0.25) is 9.69 Å². The second-order valence-corrected chi connectivity index (χ2v) is 5.57. The van der Waals surface area contributed by atoms with E-state index in [1.165, 1.54) is 0 Å². The van der Waals surface area contributed by atoms with Crippen LogP contribution in [-0.4, -0.2) is 10.8 Å². The van der Waals surface area contributed by atoms with Gasteiger partial charge in [0.1, 0.15) is 5.54 Å². The molecule has 1 aromatic rings. The third kappa shape index (κ3) is 1.30. The predicted molar refractivity (Wildman–Crippen MR) is 75.7 cm³/mol. The summed E-state index contributed by atoms with van der Waals surface area (Å²) in [5.74, 6) is 0.189. The molecule has 0 spiro atoms. The van der Waals surface area contributed by atoms with Crippen molar-refractivity contribution in [3.8, 4) is 0 Å². The van der Waals surface area contributed by atoms with Crippen LogP contribution in [-0.2, 0) is 10.3 Å². The van der Waals surface area contributed by atoms with Crippen molar-refractivity contribution in [2.24, 2.45) is 11.7 Å². The van der Waals surface area contributed by atoms with Gasteiger partial charge in [-0.05, 0) is 30.0 Å². The highest BCUT2D eigenvalue weighted by Gasteiger charge is 2.53. The first-order chi connectivity index (χ1) is 8.99. The normalized spacial score (nSPS) is 25.1. The second kappa shape index (κ2) is 3.73. The predicted octanol–water partition coefficient (Wildman–Crippen LogP) is 2.60. The van der Waals surface area contributed by atoms with Crippen LogP contribution in [0.15, 0.2) is 41.7 Å². The van der Waals surface area contributed by atoms with Crippen molar-refractivity contribution in [3.05, 3.63) is 52.9 Å². The Labute approximate surface area is 113 Å². The van der Waals surface area contributed by atoms with E-state index in [1.807, 2.05) is 24.0 Å². The summed E-state index contributed by atoms with van der Waals surface area (Å²) in [6, 6.07) is 8.18. The Morgan fingerprint density at radius 2 is 1.89 bits per heavy atom. The van der Waals surface area contributed by atoms with E-state index in [0.29, 0.717) is 5.70 Å². The molecular weight excluding hydrogens is 236 g/mol. The number of nitrogens with two attached hydrogens (primary N) is 1. The molecule has 3 rings (SSSR count). The van der Waals surface area contributed by atoms with E-state index in [2.05, 4.69) is 32.1 Å². The Balaban J connectivity index is 2.38. The standard InChI is InChI=1S/C16H18N2O/c1-10(2)16-13-7-5-4-6-12(13)8-11(3)18(16)15(19)9-14(16)17/h4-10H,17H2,1-3H3. The van der Waals surface area contributed by atoms with E-state index >= 15 is 0 Å². The highest BCUT2D eigenvalue weighted by atomic mass is 16.2. The average molecular weight is 254 g/mol. The fraction of sp³-hybridized carbons (Fsp3) is 0.312. The monoisotopic (exact) mass is 254 g/mol. The van der Waals surface area contributed by atoms with Crippen molar-refractivity contribution in [1.29, 1.82) is 0 Å². The summed E-state index contributed by atoms with van der Waals surface area (Å²) >= 11 is 0. The fourth-order valence-electron chi connectivity index (χ4n) is 3.50. The van der Waals surface area contributed by atoms with Crippen molar-refractivity contribution < 1.29 is 4.79 Å². The van der Waals surface area contributed by atoms with E-state index < -0.39 is 5.54 Å². The van der Waals surface area contributed by atoms with Crippen LogP contribution >= 0.6 is 0 Å². The van der Waals surface area contributed by atoms with E-state index in [-0.39, 0.29) is 11.8 Å². The highest BCUT2D eigenvalue weighted by Crippen LogP contribution is 2.50. The Morgan fingerprint density at radius 3 is 2.58 bits per heavy atom. The van der Waals surface area contributed by atoms with Crippen LogP contribution in [0.2, 0.25) is 0 Å². The molecule has 2 heterocycles. The maximum Gasteiger partial charge on any atom is 0.253 e. The largest absolute Gasteiger partial charge is 0.400 e.